The molecule has 0 amide bonds. The number of rotatable bonds is 1. The van der Waals surface area contributed by atoms with Crippen molar-refractivity contribution in [2.75, 3.05) is 4.90 Å². The first-order chi connectivity index (χ1) is 19.0. The van der Waals surface area contributed by atoms with Crippen molar-refractivity contribution in [2.24, 2.45) is 7.05 Å². The van der Waals surface area contributed by atoms with E-state index in [0.717, 1.165) is 11.5 Å². The van der Waals surface area contributed by atoms with Crippen LogP contribution in [0.2, 0.25) is 0 Å². The van der Waals surface area contributed by atoms with Gasteiger partial charge in [0.1, 0.15) is 11.5 Å². The zero-order valence-corrected chi connectivity index (χ0v) is 25.4. The molecule has 4 aromatic rings. The lowest BCUT2D eigenvalue weighted by Crippen LogP contribution is -2.64. The minimum atomic E-state index is 0.0544. The second-order valence-corrected chi connectivity index (χ2v) is 14.8. The van der Waals surface area contributed by atoms with E-state index in [2.05, 4.69) is 114 Å². The Bertz CT molecular complexity index is 1760. The lowest BCUT2D eigenvalue weighted by Gasteiger charge is -2.52. The van der Waals surface area contributed by atoms with Crippen LogP contribution in [0.4, 0.5) is 11.4 Å². The number of anilines is 2. The van der Waals surface area contributed by atoms with Gasteiger partial charge in [0.15, 0.2) is 0 Å². The second-order valence-electron chi connectivity index (χ2n) is 14.8. The van der Waals surface area contributed by atoms with E-state index >= 15 is 0 Å². The number of hydrogen-bond acceptors (Lipinski definition) is 2. The fraction of sp³-hybridized carbons (Fsp3) is 0.444. The maximum absolute atomic E-state index is 6.98. The van der Waals surface area contributed by atoms with E-state index in [1.165, 1.54) is 75.6 Å². The number of fused-ring (bicyclic) bond motifs is 9. The predicted molar refractivity (Wildman–Crippen MR) is 170 cm³/mol. The molecule has 2 atom stereocenters. The van der Waals surface area contributed by atoms with E-state index in [1.807, 2.05) is 0 Å². The van der Waals surface area contributed by atoms with Crippen molar-refractivity contribution in [3.63, 3.8) is 0 Å². The molecule has 2 unspecified atom stereocenters. The van der Waals surface area contributed by atoms with Crippen LogP contribution in [-0.4, -0.2) is 16.8 Å². The summed E-state index contributed by atoms with van der Waals surface area (Å²) in [5, 5.41) is 1.23. The highest BCUT2D eigenvalue weighted by Gasteiger charge is 2.61. The molecule has 1 saturated carbocycles. The molecule has 1 aliphatic carbocycles. The lowest BCUT2D eigenvalue weighted by atomic mass is 9.35. The molecule has 40 heavy (non-hydrogen) atoms. The highest BCUT2D eigenvalue weighted by atomic mass is 16.5. The van der Waals surface area contributed by atoms with Crippen LogP contribution in [0.3, 0.4) is 0 Å². The Morgan fingerprint density at radius 3 is 2.50 bits per heavy atom. The topological polar surface area (TPSA) is 17.4 Å². The summed E-state index contributed by atoms with van der Waals surface area (Å²) in [4.78, 5) is 2.77. The summed E-state index contributed by atoms with van der Waals surface area (Å²) in [7, 11) is 2.25. The maximum Gasteiger partial charge on any atom is 0.276 e. The SMILES string of the molecule is CC(C)c1cc2c3c(c1)C1(C)CCCCC1(C)N3c1cccc3c1B2c1c(c2cc(C(C)(C)C)ccc2n1C)O3. The third kappa shape index (κ3) is 2.78. The van der Waals surface area contributed by atoms with Crippen LogP contribution in [0.15, 0.2) is 48.5 Å². The standard InChI is InChI=1S/C36H41BN2O/c1-21(2)22-18-25-31-26(19-22)37-30-28(39(31)36(7)17-10-9-16-35(25,36)6)12-11-13-29(30)40-32-24-20-23(34(3,4)5)14-15-27(24)38(8)33(32)37/h11-15,18-21H,9-10,16-17H2,1-8H3. The molecule has 0 radical (unpaired) electrons. The molecule has 8 rings (SSSR count). The summed E-state index contributed by atoms with van der Waals surface area (Å²) in [6.07, 6.45) is 5.07. The first-order valence-corrected chi connectivity index (χ1v) is 15.4. The smallest absolute Gasteiger partial charge is 0.276 e. The van der Waals surface area contributed by atoms with Crippen LogP contribution in [0.1, 0.15) is 96.8 Å². The van der Waals surface area contributed by atoms with Gasteiger partial charge < -0.3 is 14.2 Å². The minimum absolute atomic E-state index is 0.0544. The Kier molecular flexibility index (Phi) is 4.67. The van der Waals surface area contributed by atoms with Gasteiger partial charge in [0, 0.05) is 34.8 Å². The summed E-state index contributed by atoms with van der Waals surface area (Å²) in [5.74, 6) is 2.55. The molecular formula is C36H41BN2O. The molecule has 0 N–H and O–H groups in total. The third-order valence-electron chi connectivity index (χ3n) is 11.4. The molecule has 3 aromatic carbocycles. The van der Waals surface area contributed by atoms with Gasteiger partial charge in [0.2, 0.25) is 0 Å². The number of aryl methyl sites for hydroxylation is 1. The van der Waals surface area contributed by atoms with Gasteiger partial charge in [-0.15, -0.1) is 0 Å². The molecule has 1 fully saturated rings. The Hall–Kier alpha value is -3.14. The molecule has 3 nitrogen and oxygen atoms in total. The van der Waals surface area contributed by atoms with E-state index in [1.54, 1.807) is 5.56 Å². The number of hydrogen-bond donors (Lipinski definition) is 0. The molecule has 204 valence electrons. The normalized spacial score (nSPS) is 24.1. The van der Waals surface area contributed by atoms with E-state index < -0.39 is 0 Å². The molecule has 4 heteroatoms. The van der Waals surface area contributed by atoms with Gasteiger partial charge in [-0.1, -0.05) is 78.6 Å². The van der Waals surface area contributed by atoms with Gasteiger partial charge in [-0.3, -0.25) is 0 Å². The first-order valence-electron chi connectivity index (χ1n) is 15.4. The molecule has 0 spiro atoms. The van der Waals surface area contributed by atoms with Gasteiger partial charge in [-0.2, -0.15) is 0 Å². The Morgan fingerprint density at radius 1 is 0.975 bits per heavy atom. The number of benzene rings is 3. The highest BCUT2D eigenvalue weighted by Crippen LogP contribution is 2.61. The number of ether oxygens (including phenoxy) is 1. The van der Waals surface area contributed by atoms with E-state index in [4.69, 9.17) is 4.74 Å². The van der Waals surface area contributed by atoms with E-state index in [0.29, 0.717) is 5.92 Å². The summed E-state index contributed by atoms with van der Waals surface area (Å²) in [5.41, 5.74) is 12.9. The molecule has 3 aliphatic heterocycles. The largest absolute Gasteiger partial charge is 0.456 e. The lowest BCUT2D eigenvalue weighted by molar-refractivity contribution is 0.195. The molecule has 4 heterocycles. The van der Waals surface area contributed by atoms with Gasteiger partial charge in [-0.05, 0) is 83.0 Å². The fourth-order valence-electron chi connectivity index (χ4n) is 8.80. The summed E-state index contributed by atoms with van der Waals surface area (Å²) in [6, 6.07) is 18.9. The van der Waals surface area contributed by atoms with Crippen LogP contribution >= 0.6 is 0 Å². The zero-order valence-electron chi connectivity index (χ0n) is 25.4. The van der Waals surface area contributed by atoms with Crippen molar-refractivity contribution in [3.05, 3.63) is 65.2 Å². The average Bonchev–Trinajstić information content (AvgIpc) is 3.31. The van der Waals surface area contributed by atoms with Gasteiger partial charge >= 0.3 is 0 Å². The first kappa shape index (κ1) is 24.6. The number of aromatic nitrogens is 1. The zero-order chi connectivity index (χ0) is 27.9. The van der Waals surface area contributed by atoms with Crippen molar-refractivity contribution in [2.45, 2.75) is 96.4 Å². The Morgan fingerprint density at radius 2 is 1.75 bits per heavy atom. The second kappa shape index (κ2) is 7.57. The molecular weight excluding hydrogens is 487 g/mol. The third-order valence-corrected chi connectivity index (χ3v) is 11.4. The number of nitrogens with zero attached hydrogens (tertiary/aromatic N) is 2. The highest BCUT2D eigenvalue weighted by molar-refractivity contribution is 6.99. The van der Waals surface area contributed by atoms with Crippen LogP contribution < -0.4 is 26.2 Å². The minimum Gasteiger partial charge on any atom is -0.456 e. The monoisotopic (exact) mass is 528 g/mol. The van der Waals surface area contributed by atoms with Crippen LogP contribution in [0, 0.1) is 0 Å². The summed E-state index contributed by atoms with van der Waals surface area (Å²) in [6.45, 7) is 16.9. The van der Waals surface area contributed by atoms with Crippen molar-refractivity contribution < 1.29 is 4.74 Å². The summed E-state index contributed by atoms with van der Waals surface area (Å²) >= 11 is 0. The Balaban J connectivity index is 1.49. The van der Waals surface area contributed by atoms with Crippen molar-refractivity contribution >= 4 is 45.5 Å². The van der Waals surface area contributed by atoms with E-state index in [-0.39, 0.29) is 23.1 Å². The maximum atomic E-state index is 6.98. The van der Waals surface area contributed by atoms with Crippen LogP contribution in [-0.2, 0) is 17.9 Å². The van der Waals surface area contributed by atoms with Gasteiger partial charge in [0.25, 0.3) is 6.71 Å². The van der Waals surface area contributed by atoms with Crippen molar-refractivity contribution in [1.29, 1.82) is 0 Å². The fourth-order valence-corrected chi connectivity index (χ4v) is 8.80. The van der Waals surface area contributed by atoms with Crippen molar-refractivity contribution in [3.8, 4) is 11.5 Å². The molecule has 4 aliphatic rings. The molecule has 0 bridgehead atoms. The average molecular weight is 529 g/mol. The summed E-state index contributed by atoms with van der Waals surface area (Å²) < 4.78 is 9.40. The molecule has 1 aromatic heterocycles. The quantitative estimate of drug-likeness (QED) is 0.213. The van der Waals surface area contributed by atoms with Gasteiger partial charge in [-0.25, -0.2) is 0 Å². The van der Waals surface area contributed by atoms with Crippen LogP contribution in [0.5, 0.6) is 11.5 Å². The molecule has 0 saturated heterocycles. The van der Waals surface area contributed by atoms with Crippen molar-refractivity contribution in [1.82, 2.24) is 4.57 Å². The van der Waals surface area contributed by atoms with E-state index in [9.17, 15) is 0 Å². The predicted octanol–water partition coefficient (Wildman–Crippen LogP) is 7.28. The van der Waals surface area contributed by atoms with Crippen LogP contribution in [0.25, 0.3) is 10.9 Å². The Labute approximate surface area is 239 Å². The van der Waals surface area contributed by atoms with Gasteiger partial charge in [0.05, 0.1) is 11.1 Å².